The molecule has 1 aliphatic heterocycles. The van der Waals surface area contributed by atoms with Gasteiger partial charge < -0.3 is 10.2 Å². The van der Waals surface area contributed by atoms with Crippen LogP contribution in [-0.2, 0) is 0 Å². The van der Waals surface area contributed by atoms with Crippen molar-refractivity contribution in [1.82, 2.24) is 10.2 Å². The predicted molar refractivity (Wildman–Crippen MR) is 120 cm³/mol. The monoisotopic (exact) mass is 382 g/mol. The van der Waals surface area contributed by atoms with Crippen molar-refractivity contribution >= 4 is 6.03 Å². The largest absolute Gasteiger partial charge is 0.324 e. The van der Waals surface area contributed by atoms with Crippen molar-refractivity contribution in [2.75, 3.05) is 6.54 Å². The molecule has 1 saturated carbocycles. The van der Waals surface area contributed by atoms with Crippen molar-refractivity contribution in [3.63, 3.8) is 0 Å². The molecule has 3 heteroatoms. The molecular formula is C25H38N2O. The Kier molecular flexibility index (Phi) is 7.91. The van der Waals surface area contributed by atoms with Crippen LogP contribution < -0.4 is 5.32 Å². The molecule has 1 fully saturated rings. The third-order valence-electron chi connectivity index (χ3n) is 6.06. The van der Waals surface area contributed by atoms with E-state index in [1.54, 1.807) is 0 Å². The first-order valence-electron chi connectivity index (χ1n) is 10.8. The number of hydrogen-bond acceptors (Lipinski definition) is 1. The smallest absolute Gasteiger partial charge is 0.322 e. The Hall–Kier alpha value is -2.03. The highest BCUT2D eigenvalue weighted by Crippen LogP contribution is 2.42. The summed E-state index contributed by atoms with van der Waals surface area (Å²) in [5.74, 6) is 0.635. The quantitative estimate of drug-likeness (QED) is 0.387. The van der Waals surface area contributed by atoms with Gasteiger partial charge in [-0.15, -0.1) is 6.58 Å². The normalized spacial score (nSPS) is 26.6. The van der Waals surface area contributed by atoms with Crippen LogP contribution in [0.15, 0.2) is 59.4 Å². The van der Waals surface area contributed by atoms with Crippen molar-refractivity contribution < 1.29 is 4.79 Å². The summed E-state index contributed by atoms with van der Waals surface area (Å²) >= 11 is 0. The van der Waals surface area contributed by atoms with Gasteiger partial charge in [0.05, 0.1) is 5.54 Å². The van der Waals surface area contributed by atoms with Gasteiger partial charge in [-0.2, -0.15) is 0 Å². The van der Waals surface area contributed by atoms with E-state index < -0.39 is 0 Å². The predicted octanol–water partition coefficient (Wildman–Crippen LogP) is 6.67. The molecule has 2 atom stereocenters. The van der Waals surface area contributed by atoms with E-state index in [2.05, 4.69) is 70.1 Å². The Balaban J connectivity index is 2.42. The van der Waals surface area contributed by atoms with Gasteiger partial charge in [-0.25, -0.2) is 4.79 Å². The highest BCUT2D eigenvalue weighted by Gasteiger charge is 2.43. The molecular weight excluding hydrogens is 344 g/mol. The van der Waals surface area contributed by atoms with Crippen LogP contribution in [0.4, 0.5) is 4.79 Å². The van der Waals surface area contributed by atoms with Crippen molar-refractivity contribution in [3.8, 4) is 0 Å². The van der Waals surface area contributed by atoms with Gasteiger partial charge in [0.25, 0.3) is 0 Å². The van der Waals surface area contributed by atoms with E-state index in [-0.39, 0.29) is 11.6 Å². The molecule has 0 saturated heterocycles. The summed E-state index contributed by atoms with van der Waals surface area (Å²) in [5.41, 5.74) is 4.62. The van der Waals surface area contributed by atoms with Crippen molar-refractivity contribution in [1.29, 1.82) is 0 Å². The van der Waals surface area contributed by atoms with Crippen LogP contribution in [0.25, 0.3) is 0 Å². The maximum Gasteiger partial charge on any atom is 0.322 e. The lowest BCUT2D eigenvalue weighted by Crippen LogP contribution is -2.58. The molecule has 1 N–H and O–H groups in total. The second-order valence-corrected chi connectivity index (χ2v) is 8.56. The zero-order valence-electron chi connectivity index (χ0n) is 18.5. The van der Waals surface area contributed by atoms with Gasteiger partial charge in [-0.3, -0.25) is 0 Å². The summed E-state index contributed by atoms with van der Waals surface area (Å²) in [6.07, 6.45) is 17.0. The minimum Gasteiger partial charge on any atom is -0.324 e. The summed E-state index contributed by atoms with van der Waals surface area (Å²) in [5, 5.41) is 3.42. The van der Waals surface area contributed by atoms with Gasteiger partial charge in [0.1, 0.15) is 0 Å². The standard InChI is InChI=1S/C25H38N2O/c1-7-20(5)11-9-13-22(8-2)25-15-10-12-21(6)17-23(25)18-27(24(28)26-25)16-14-19(3)4/h8-9,11,13,18,21H,3,7,10,12,14-17H2,1-2,4-6H3,(H,26,28)/b13-9-,20-11+,22-8+/t21-,25?/m0/s1. The molecule has 0 radical (unpaired) electrons. The number of nitrogens with zero attached hydrogens (tertiary/aromatic N) is 1. The van der Waals surface area contributed by atoms with Crippen LogP contribution in [0.5, 0.6) is 0 Å². The Bertz CT molecular complexity index is 710. The highest BCUT2D eigenvalue weighted by molar-refractivity contribution is 5.80. The topological polar surface area (TPSA) is 32.3 Å². The van der Waals surface area contributed by atoms with E-state index in [9.17, 15) is 4.79 Å². The Labute approximate surface area is 172 Å². The summed E-state index contributed by atoms with van der Waals surface area (Å²) in [6, 6.07) is 0.00702. The summed E-state index contributed by atoms with van der Waals surface area (Å²) < 4.78 is 0. The molecule has 28 heavy (non-hydrogen) atoms. The van der Waals surface area contributed by atoms with Gasteiger partial charge in [0.2, 0.25) is 0 Å². The third-order valence-corrected chi connectivity index (χ3v) is 6.06. The molecule has 1 heterocycles. The average Bonchev–Trinajstić information content (AvgIpc) is 2.81. The van der Waals surface area contributed by atoms with E-state index in [1.165, 1.54) is 23.1 Å². The lowest BCUT2D eigenvalue weighted by atomic mass is 9.77. The minimum absolute atomic E-state index is 0.00702. The second kappa shape index (κ2) is 9.95. The van der Waals surface area contributed by atoms with E-state index in [0.29, 0.717) is 12.5 Å². The van der Waals surface area contributed by atoms with E-state index in [1.807, 2.05) is 11.8 Å². The first-order valence-corrected chi connectivity index (χ1v) is 10.8. The van der Waals surface area contributed by atoms with E-state index in [0.717, 1.165) is 37.7 Å². The number of carbonyl (C=O) groups excluding carboxylic acids is 1. The number of amides is 2. The second-order valence-electron chi connectivity index (χ2n) is 8.56. The molecule has 2 rings (SSSR count). The highest BCUT2D eigenvalue weighted by atomic mass is 16.2. The van der Waals surface area contributed by atoms with Crippen molar-refractivity contribution in [2.45, 2.75) is 78.7 Å². The molecule has 154 valence electrons. The SMILES string of the molecule is C=C(C)CCN1C=C2C[C@@H](C)CCCC2(C(/C=C\C=C(/C)CC)=C/C)NC1=O. The summed E-state index contributed by atoms with van der Waals surface area (Å²) in [4.78, 5) is 14.8. The minimum atomic E-state index is -0.374. The first kappa shape index (κ1) is 22.3. The van der Waals surface area contributed by atoms with Crippen LogP contribution in [0.1, 0.15) is 73.1 Å². The van der Waals surface area contributed by atoms with Gasteiger partial charge in [0.15, 0.2) is 0 Å². The maximum absolute atomic E-state index is 13.0. The van der Waals surface area contributed by atoms with Crippen LogP contribution >= 0.6 is 0 Å². The molecule has 2 amide bonds. The van der Waals surface area contributed by atoms with Gasteiger partial charge in [0, 0.05) is 12.7 Å². The maximum atomic E-state index is 13.0. The fourth-order valence-electron chi connectivity index (χ4n) is 4.13. The van der Waals surface area contributed by atoms with Gasteiger partial charge in [-0.05, 0) is 63.5 Å². The fourth-order valence-corrected chi connectivity index (χ4v) is 4.13. The van der Waals surface area contributed by atoms with Crippen molar-refractivity contribution in [2.24, 2.45) is 5.92 Å². The van der Waals surface area contributed by atoms with Crippen LogP contribution in [0, 0.1) is 5.92 Å². The molecule has 1 unspecified atom stereocenters. The number of fused-ring (bicyclic) bond motifs is 1. The molecule has 1 aliphatic carbocycles. The molecule has 0 aromatic heterocycles. The number of urea groups is 1. The Morgan fingerprint density at radius 2 is 2.18 bits per heavy atom. The molecule has 0 aromatic rings. The molecule has 0 bridgehead atoms. The zero-order chi connectivity index (χ0) is 20.7. The van der Waals surface area contributed by atoms with Gasteiger partial charge in [-0.1, -0.05) is 62.1 Å². The molecule has 2 aliphatic rings. The van der Waals surface area contributed by atoms with Crippen molar-refractivity contribution in [3.05, 3.63) is 59.4 Å². The third kappa shape index (κ3) is 5.27. The lowest BCUT2D eigenvalue weighted by molar-refractivity contribution is 0.198. The Morgan fingerprint density at radius 1 is 1.43 bits per heavy atom. The van der Waals surface area contributed by atoms with Crippen LogP contribution in [0.2, 0.25) is 0 Å². The number of carbonyl (C=O) groups is 1. The molecule has 3 nitrogen and oxygen atoms in total. The number of hydrogen-bond donors (Lipinski definition) is 1. The lowest BCUT2D eigenvalue weighted by Gasteiger charge is -2.43. The Morgan fingerprint density at radius 3 is 2.82 bits per heavy atom. The number of rotatable bonds is 7. The molecule has 0 spiro atoms. The summed E-state index contributed by atoms with van der Waals surface area (Å²) in [6.45, 7) is 15.4. The zero-order valence-corrected chi connectivity index (χ0v) is 18.5. The average molecular weight is 383 g/mol. The van der Waals surface area contributed by atoms with E-state index in [4.69, 9.17) is 0 Å². The van der Waals surface area contributed by atoms with Crippen LogP contribution in [0.3, 0.4) is 0 Å². The van der Waals surface area contributed by atoms with E-state index >= 15 is 0 Å². The first-order chi connectivity index (χ1) is 13.3. The number of allylic oxidation sites excluding steroid dienone is 4. The van der Waals surface area contributed by atoms with Gasteiger partial charge >= 0.3 is 6.03 Å². The number of nitrogens with one attached hydrogen (secondary N) is 1. The molecule has 0 aromatic carbocycles. The van der Waals surface area contributed by atoms with Crippen LogP contribution in [-0.4, -0.2) is 23.0 Å². The fraction of sp³-hybridized carbons (Fsp3) is 0.560. The summed E-state index contributed by atoms with van der Waals surface area (Å²) in [7, 11) is 0.